The molecule has 0 saturated heterocycles. The molecule has 34 heavy (non-hydrogen) atoms. The molecule has 0 unspecified atom stereocenters. The number of fused-ring (bicyclic) bond motifs is 1. The first-order chi connectivity index (χ1) is 16.5. The summed E-state index contributed by atoms with van der Waals surface area (Å²) in [6.07, 6.45) is 1.94. The fourth-order valence-corrected chi connectivity index (χ4v) is 3.29. The molecule has 0 amide bonds. The van der Waals surface area contributed by atoms with Crippen LogP contribution in [-0.2, 0) is 0 Å². The summed E-state index contributed by atoms with van der Waals surface area (Å²) in [5.41, 5.74) is 2.51. The Morgan fingerprint density at radius 1 is 0.676 bits per heavy atom. The van der Waals surface area contributed by atoms with E-state index in [2.05, 4.69) is 30.6 Å². The minimum Gasteiger partial charge on any atom is -0.493 e. The van der Waals surface area contributed by atoms with Crippen molar-refractivity contribution in [2.45, 2.75) is 19.8 Å². The van der Waals surface area contributed by atoms with Crippen LogP contribution < -0.4 is 4.74 Å². The SMILES string of the molecule is CCCCOc1ccc(C#Cc2ccc(C#Cc3ccc4c(F)c(F)ccc4c3)cc2)c(F)c1. The van der Waals surface area contributed by atoms with Crippen molar-refractivity contribution in [3.63, 3.8) is 0 Å². The predicted molar refractivity (Wildman–Crippen MR) is 129 cm³/mol. The highest BCUT2D eigenvalue weighted by atomic mass is 19.2. The van der Waals surface area contributed by atoms with E-state index in [0.29, 0.717) is 28.9 Å². The summed E-state index contributed by atoms with van der Waals surface area (Å²) in [5, 5.41) is 0.813. The van der Waals surface area contributed by atoms with Gasteiger partial charge in [0.05, 0.1) is 12.2 Å². The van der Waals surface area contributed by atoms with Crippen molar-refractivity contribution in [2.75, 3.05) is 6.61 Å². The maximum atomic E-state index is 14.3. The van der Waals surface area contributed by atoms with Crippen LogP contribution in [0.4, 0.5) is 13.2 Å². The molecule has 4 rings (SSSR count). The van der Waals surface area contributed by atoms with Gasteiger partial charge in [0, 0.05) is 28.1 Å². The Morgan fingerprint density at radius 3 is 2.06 bits per heavy atom. The van der Waals surface area contributed by atoms with Crippen molar-refractivity contribution < 1.29 is 17.9 Å². The van der Waals surface area contributed by atoms with Crippen LogP contribution in [0.3, 0.4) is 0 Å². The smallest absolute Gasteiger partial charge is 0.166 e. The molecular formula is C30H21F3O. The fraction of sp³-hybridized carbons (Fsp3) is 0.133. The number of halogens is 3. The van der Waals surface area contributed by atoms with Gasteiger partial charge in [-0.05, 0) is 66.4 Å². The molecule has 0 bridgehead atoms. The lowest BCUT2D eigenvalue weighted by atomic mass is 10.1. The van der Waals surface area contributed by atoms with E-state index in [1.165, 1.54) is 18.2 Å². The molecule has 0 aliphatic rings. The molecule has 4 heteroatoms. The molecule has 0 atom stereocenters. The van der Waals surface area contributed by atoms with E-state index < -0.39 is 17.5 Å². The number of benzene rings is 4. The van der Waals surface area contributed by atoms with E-state index >= 15 is 0 Å². The molecule has 4 aromatic carbocycles. The van der Waals surface area contributed by atoms with E-state index in [0.717, 1.165) is 30.0 Å². The third-order valence-electron chi connectivity index (χ3n) is 5.19. The Balaban J connectivity index is 1.45. The minimum atomic E-state index is -0.870. The predicted octanol–water partition coefficient (Wildman–Crippen LogP) is 7.24. The van der Waals surface area contributed by atoms with Crippen LogP contribution in [0.2, 0.25) is 0 Å². The summed E-state index contributed by atoms with van der Waals surface area (Å²) in [7, 11) is 0. The zero-order chi connectivity index (χ0) is 23.9. The van der Waals surface area contributed by atoms with Gasteiger partial charge in [-0.1, -0.05) is 49.2 Å². The van der Waals surface area contributed by atoms with Crippen LogP contribution in [0.25, 0.3) is 10.8 Å². The maximum Gasteiger partial charge on any atom is 0.166 e. The van der Waals surface area contributed by atoms with E-state index in [1.54, 1.807) is 24.3 Å². The monoisotopic (exact) mass is 454 g/mol. The standard InChI is InChI=1S/C30H21F3O/c1-2-3-18-34-26-15-13-24(29(32)20-26)12-10-22-6-4-21(5-7-22)8-9-23-11-16-27-25(19-23)14-17-28(31)30(27)33/h4-7,11,13-17,19-20H,2-3,18H2,1H3. The summed E-state index contributed by atoms with van der Waals surface area (Å²) in [4.78, 5) is 0. The Labute approximate surface area is 197 Å². The summed E-state index contributed by atoms with van der Waals surface area (Å²) in [6.45, 7) is 2.63. The summed E-state index contributed by atoms with van der Waals surface area (Å²) in [6, 6.07) is 19.5. The first kappa shape index (κ1) is 23.0. The molecule has 0 fully saturated rings. The van der Waals surface area contributed by atoms with Gasteiger partial charge in [-0.15, -0.1) is 0 Å². The lowest BCUT2D eigenvalue weighted by Crippen LogP contribution is -1.97. The number of hydrogen-bond acceptors (Lipinski definition) is 1. The Kier molecular flexibility index (Phi) is 7.21. The summed E-state index contributed by atoms with van der Waals surface area (Å²) >= 11 is 0. The Bertz CT molecular complexity index is 1450. The molecule has 0 aliphatic heterocycles. The Hall–Kier alpha value is -4.15. The Morgan fingerprint density at radius 2 is 1.35 bits per heavy atom. The summed E-state index contributed by atoms with van der Waals surface area (Å²) < 4.78 is 47.0. The van der Waals surface area contributed by atoms with Gasteiger partial charge in [-0.2, -0.15) is 0 Å². The van der Waals surface area contributed by atoms with E-state index in [-0.39, 0.29) is 5.39 Å². The molecule has 168 valence electrons. The van der Waals surface area contributed by atoms with Gasteiger partial charge in [0.2, 0.25) is 0 Å². The molecule has 0 aromatic heterocycles. The number of rotatable bonds is 4. The van der Waals surface area contributed by atoms with Gasteiger partial charge in [0.25, 0.3) is 0 Å². The number of ether oxygens (including phenoxy) is 1. The van der Waals surface area contributed by atoms with E-state index in [1.807, 2.05) is 24.3 Å². The third kappa shape index (κ3) is 5.61. The second kappa shape index (κ2) is 10.6. The second-order valence-corrected chi connectivity index (χ2v) is 7.72. The topological polar surface area (TPSA) is 9.23 Å². The van der Waals surface area contributed by atoms with Crippen molar-refractivity contribution in [1.29, 1.82) is 0 Å². The molecule has 4 aromatic rings. The highest BCUT2D eigenvalue weighted by molar-refractivity contribution is 5.84. The quantitative estimate of drug-likeness (QED) is 0.233. The highest BCUT2D eigenvalue weighted by Gasteiger charge is 2.06. The molecule has 0 heterocycles. The van der Waals surface area contributed by atoms with E-state index in [4.69, 9.17) is 4.74 Å². The first-order valence-electron chi connectivity index (χ1n) is 11.0. The minimum absolute atomic E-state index is 0.226. The summed E-state index contributed by atoms with van der Waals surface area (Å²) in [5.74, 6) is 10.3. The van der Waals surface area contributed by atoms with Crippen molar-refractivity contribution in [3.05, 3.63) is 113 Å². The molecule has 0 aliphatic carbocycles. The molecule has 1 nitrogen and oxygen atoms in total. The number of hydrogen-bond donors (Lipinski definition) is 0. The molecule has 0 radical (unpaired) electrons. The molecule has 0 saturated carbocycles. The lowest BCUT2D eigenvalue weighted by molar-refractivity contribution is 0.308. The van der Waals surface area contributed by atoms with Gasteiger partial charge in [-0.25, -0.2) is 13.2 Å². The van der Waals surface area contributed by atoms with Gasteiger partial charge in [-0.3, -0.25) is 0 Å². The average molecular weight is 454 g/mol. The number of unbranched alkanes of at least 4 members (excludes halogenated alkanes) is 1. The van der Waals surface area contributed by atoms with E-state index in [9.17, 15) is 13.2 Å². The lowest BCUT2D eigenvalue weighted by Gasteiger charge is -2.05. The largest absolute Gasteiger partial charge is 0.493 e. The van der Waals surface area contributed by atoms with Crippen molar-refractivity contribution in [3.8, 4) is 29.4 Å². The van der Waals surface area contributed by atoms with Gasteiger partial charge >= 0.3 is 0 Å². The van der Waals surface area contributed by atoms with Crippen LogP contribution in [0.1, 0.15) is 42.0 Å². The van der Waals surface area contributed by atoms with Crippen LogP contribution in [0, 0.1) is 41.1 Å². The van der Waals surface area contributed by atoms with Crippen LogP contribution in [-0.4, -0.2) is 6.61 Å². The van der Waals surface area contributed by atoms with Gasteiger partial charge in [0.1, 0.15) is 11.6 Å². The van der Waals surface area contributed by atoms with Crippen molar-refractivity contribution in [1.82, 2.24) is 0 Å². The van der Waals surface area contributed by atoms with Crippen LogP contribution in [0.5, 0.6) is 5.75 Å². The fourth-order valence-electron chi connectivity index (χ4n) is 3.29. The third-order valence-corrected chi connectivity index (χ3v) is 5.19. The normalized spacial score (nSPS) is 10.2. The molecule has 0 spiro atoms. The van der Waals surface area contributed by atoms with Crippen molar-refractivity contribution in [2.24, 2.45) is 0 Å². The van der Waals surface area contributed by atoms with Crippen LogP contribution in [0.15, 0.2) is 72.8 Å². The van der Waals surface area contributed by atoms with Gasteiger partial charge < -0.3 is 4.74 Å². The van der Waals surface area contributed by atoms with Crippen molar-refractivity contribution >= 4 is 10.8 Å². The first-order valence-corrected chi connectivity index (χ1v) is 11.0. The zero-order valence-corrected chi connectivity index (χ0v) is 18.6. The van der Waals surface area contributed by atoms with Crippen LogP contribution >= 0.6 is 0 Å². The molecular weight excluding hydrogens is 433 g/mol. The average Bonchev–Trinajstić information content (AvgIpc) is 2.85. The highest BCUT2D eigenvalue weighted by Crippen LogP contribution is 2.21. The zero-order valence-electron chi connectivity index (χ0n) is 18.6. The van der Waals surface area contributed by atoms with Gasteiger partial charge in [0.15, 0.2) is 11.6 Å². The molecule has 0 N–H and O–H groups in total. The second-order valence-electron chi connectivity index (χ2n) is 7.72. The maximum absolute atomic E-state index is 14.3.